The lowest BCUT2D eigenvalue weighted by Crippen LogP contribution is -2.29. The van der Waals surface area contributed by atoms with Crippen LogP contribution in [-0.4, -0.2) is 24.2 Å². The van der Waals surface area contributed by atoms with Gasteiger partial charge < -0.3 is 9.72 Å². The summed E-state index contributed by atoms with van der Waals surface area (Å²) in [4.78, 5) is 14.3. The van der Waals surface area contributed by atoms with Gasteiger partial charge in [-0.15, -0.1) is 0 Å². The van der Waals surface area contributed by atoms with Crippen molar-refractivity contribution in [3.63, 3.8) is 0 Å². The van der Waals surface area contributed by atoms with Gasteiger partial charge in [0.1, 0.15) is 0 Å². The maximum atomic E-state index is 13.1. The second kappa shape index (κ2) is 4.60. The summed E-state index contributed by atoms with van der Waals surface area (Å²) < 4.78 is 43.6. The number of hydrogen-bond donors (Lipinski definition) is 1. The van der Waals surface area contributed by atoms with Gasteiger partial charge in [0.2, 0.25) is 0 Å². The molecule has 1 aromatic heterocycles. The first-order valence-corrected chi connectivity index (χ1v) is 5.58. The van der Waals surface area contributed by atoms with Crippen molar-refractivity contribution in [2.24, 2.45) is 0 Å². The summed E-state index contributed by atoms with van der Waals surface area (Å²) in [7, 11) is 0.950. The molecule has 0 saturated carbocycles. The van der Waals surface area contributed by atoms with Crippen molar-refractivity contribution in [3.05, 3.63) is 35.5 Å². The quantitative estimate of drug-likeness (QED) is 0.851. The van der Waals surface area contributed by atoms with Crippen molar-refractivity contribution in [3.8, 4) is 0 Å². The van der Waals surface area contributed by atoms with E-state index in [2.05, 4.69) is 9.72 Å². The predicted octanol–water partition coefficient (Wildman–Crippen LogP) is 3.30. The number of fused-ring (bicyclic) bond motifs is 1. The van der Waals surface area contributed by atoms with Gasteiger partial charge in [-0.3, -0.25) is 4.79 Å². The Labute approximate surface area is 107 Å². The van der Waals surface area contributed by atoms with E-state index in [0.717, 1.165) is 7.11 Å². The zero-order valence-corrected chi connectivity index (χ0v) is 10.3. The van der Waals surface area contributed by atoms with E-state index in [1.807, 2.05) is 0 Å². The van der Waals surface area contributed by atoms with Crippen molar-refractivity contribution < 1.29 is 22.7 Å². The second-order valence-corrected chi connectivity index (χ2v) is 4.21. The number of rotatable bonds is 2. The molecule has 1 aromatic carbocycles. The van der Waals surface area contributed by atoms with Crippen molar-refractivity contribution in [2.75, 3.05) is 7.11 Å². The summed E-state index contributed by atoms with van der Waals surface area (Å²) in [5, 5.41) is 0.382. The number of alkyl halides is 3. The van der Waals surface area contributed by atoms with Crippen molar-refractivity contribution in [1.29, 1.82) is 0 Å². The summed E-state index contributed by atoms with van der Waals surface area (Å²) in [6.07, 6.45) is -4.69. The van der Waals surface area contributed by atoms with E-state index in [0.29, 0.717) is 16.6 Å². The lowest BCUT2D eigenvalue weighted by Gasteiger charge is -2.18. The minimum Gasteiger partial charge on any atom is -0.468 e. The summed E-state index contributed by atoms with van der Waals surface area (Å²) in [5.41, 5.74) is 0.803. The molecule has 19 heavy (non-hydrogen) atoms. The van der Waals surface area contributed by atoms with E-state index in [9.17, 15) is 18.0 Å². The number of carbonyl (C=O) groups is 1. The molecule has 0 amide bonds. The highest BCUT2D eigenvalue weighted by Crippen LogP contribution is 2.40. The Morgan fingerprint density at radius 3 is 2.53 bits per heavy atom. The van der Waals surface area contributed by atoms with Gasteiger partial charge in [0.05, 0.1) is 7.11 Å². The highest BCUT2D eigenvalue weighted by molar-refractivity contribution is 5.91. The molecule has 0 aliphatic heterocycles. The first kappa shape index (κ1) is 13.5. The molecule has 2 rings (SSSR count). The molecule has 3 nitrogen and oxygen atoms in total. The molecule has 1 heterocycles. The molecule has 0 unspecified atom stereocenters. The van der Waals surface area contributed by atoms with E-state index < -0.39 is 18.1 Å². The number of aryl methyl sites for hydroxylation is 1. The molecule has 0 aliphatic rings. The Bertz CT molecular complexity index is 616. The van der Waals surface area contributed by atoms with Gasteiger partial charge in [0.25, 0.3) is 0 Å². The van der Waals surface area contributed by atoms with Crippen LogP contribution < -0.4 is 0 Å². The van der Waals surface area contributed by atoms with Crippen LogP contribution >= 0.6 is 0 Å². The molecular weight excluding hydrogens is 259 g/mol. The highest BCUT2D eigenvalue weighted by Gasteiger charge is 2.48. The van der Waals surface area contributed by atoms with Crippen LogP contribution in [0.3, 0.4) is 0 Å². The number of nitrogens with one attached hydrogen (secondary N) is 1. The number of methoxy groups -OCH3 is 1. The van der Waals surface area contributed by atoms with Gasteiger partial charge >= 0.3 is 12.1 Å². The molecule has 0 spiro atoms. The van der Waals surface area contributed by atoms with E-state index in [1.54, 1.807) is 24.3 Å². The second-order valence-electron chi connectivity index (χ2n) is 4.21. The maximum Gasteiger partial charge on any atom is 0.406 e. The summed E-state index contributed by atoms with van der Waals surface area (Å²) in [6, 6.07) is 6.55. The largest absolute Gasteiger partial charge is 0.468 e. The number of para-hydroxylation sites is 1. The maximum absolute atomic E-state index is 13.1. The molecule has 0 aliphatic carbocycles. The molecule has 1 N–H and O–H groups in total. The van der Waals surface area contributed by atoms with Crippen LogP contribution in [0.15, 0.2) is 24.3 Å². The minimum absolute atomic E-state index is 0.0741. The highest BCUT2D eigenvalue weighted by atomic mass is 19.4. The number of H-pyrrole nitrogens is 1. The van der Waals surface area contributed by atoms with Crippen LogP contribution in [0, 0.1) is 6.92 Å². The number of halogens is 3. The predicted molar refractivity (Wildman–Crippen MR) is 63.8 cm³/mol. The van der Waals surface area contributed by atoms with Gasteiger partial charge in [-0.1, -0.05) is 18.2 Å². The Balaban J connectivity index is 2.69. The molecule has 1 atom stereocenters. The van der Waals surface area contributed by atoms with E-state index in [4.69, 9.17) is 0 Å². The zero-order chi connectivity index (χ0) is 14.2. The average molecular weight is 271 g/mol. The first-order valence-electron chi connectivity index (χ1n) is 5.58. The first-order chi connectivity index (χ1) is 8.86. The third-order valence-corrected chi connectivity index (χ3v) is 3.00. The monoisotopic (exact) mass is 271 g/mol. The number of esters is 1. The van der Waals surface area contributed by atoms with Crippen LogP contribution in [0.1, 0.15) is 17.2 Å². The lowest BCUT2D eigenvalue weighted by molar-refractivity contribution is -0.179. The Hall–Kier alpha value is -1.98. The van der Waals surface area contributed by atoms with Gasteiger partial charge in [-0.25, -0.2) is 0 Å². The third-order valence-electron chi connectivity index (χ3n) is 3.00. The van der Waals surface area contributed by atoms with Crippen LogP contribution in [0.5, 0.6) is 0 Å². The fourth-order valence-electron chi connectivity index (χ4n) is 2.20. The summed E-state index contributed by atoms with van der Waals surface area (Å²) in [6.45, 7) is 1.51. The van der Waals surface area contributed by atoms with E-state index >= 15 is 0 Å². The smallest absolute Gasteiger partial charge is 0.406 e. The molecule has 0 radical (unpaired) electrons. The topological polar surface area (TPSA) is 42.1 Å². The summed E-state index contributed by atoms with van der Waals surface area (Å²) >= 11 is 0. The number of ether oxygens (including phenoxy) is 1. The fraction of sp³-hybridized carbons (Fsp3) is 0.308. The SMILES string of the molecule is COC(=O)[C@@H](c1c(C)[nH]c2ccccc12)C(F)(F)F. The van der Waals surface area contributed by atoms with Gasteiger partial charge in [0, 0.05) is 22.2 Å². The van der Waals surface area contributed by atoms with Crippen molar-refractivity contribution >= 4 is 16.9 Å². The van der Waals surface area contributed by atoms with E-state index in [1.165, 1.54) is 6.92 Å². The molecule has 102 valence electrons. The molecule has 0 bridgehead atoms. The van der Waals surface area contributed by atoms with Gasteiger partial charge in [-0.2, -0.15) is 13.2 Å². The van der Waals surface area contributed by atoms with Crippen LogP contribution in [-0.2, 0) is 9.53 Å². The number of hydrogen-bond acceptors (Lipinski definition) is 2. The third kappa shape index (κ3) is 2.30. The molecule has 2 aromatic rings. The van der Waals surface area contributed by atoms with Gasteiger partial charge in [0.15, 0.2) is 5.92 Å². The van der Waals surface area contributed by atoms with Crippen LogP contribution in [0.4, 0.5) is 13.2 Å². The lowest BCUT2D eigenvalue weighted by atomic mass is 9.95. The Kier molecular flexibility index (Phi) is 3.26. The Morgan fingerprint density at radius 1 is 1.32 bits per heavy atom. The van der Waals surface area contributed by atoms with Gasteiger partial charge in [-0.05, 0) is 13.0 Å². The summed E-state index contributed by atoms with van der Waals surface area (Å²) in [5.74, 6) is -3.57. The van der Waals surface area contributed by atoms with Crippen molar-refractivity contribution in [1.82, 2.24) is 4.98 Å². The van der Waals surface area contributed by atoms with Crippen molar-refractivity contribution in [2.45, 2.75) is 19.0 Å². The molecule has 6 heteroatoms. The van der Waals surface area contributed by atoms with Crippen LogP contribution in [0.2, 0.25) is 0 Å². The number of carbonyl (C=O) groups excluding carboxylic acids is 1. The zero-order valence-electron chi connectivity index (χ0n) is 10.3. The normalized spacial score (nSPS) is 13.5. The molecule has 0 saturated heterocycles. The Morgan fingerprint density at radius 2 is 1.95 bits per heavy atom. The standard InChI is InChI=1S/C13H12F3NO2/c1-7-10(8-5-3-4-6-9(8)17-7)11(12(18)19-2)13(14,15)16/h3-6,11,17H,1-2H3/t11-/m1/s1. The number of aromatic nitrogens is 1. The molecular formula is C13H12F3NO2. The minimum atomic E-state index is -4.69. The average Bonchev–Trinajstić information content (AvgIpc) is 2.65. The van der Waals surface area contributed by atoms with Crippen LogP contribution in [0.25, 0.3) is 10.9 Å². The number of aromatic amines is 1. The fourth-order valence-corrected chi connectivity index (χ4v) is 2.20. The van der Waals surface area contributed by atoms with E-state index in [-0.39, 0.29) is 5.56 Å². The molecule has 0 fully saturated rings. The number of benzene rings is 1.